The Morgan fingerprint density at radius 2 is 1.92 bits per heavy atom. The molecule has 0 atom stereocenters. The number of nitrogens with zero attached hydrogens (tertiary/aromatic N) is 1. The first kappa shape index (κ1) is 20.2. The second kappa shape index (κ2) is 9.57. The number of rotatable bonds is 6. The number of anilines is 1. The minimum absolute atomic E-state index is 0.0802. The Labute approximate surface area is 158 Å². The van der Waals surface area contributed by atoms with E-state index < -0.39 is 5.97 Å². The predicted molar refractivity (Wildman–Crippen MR) is 100 cm³/mol. The van der Waals surface area contributed by atoms with Gasteiger partial charge in [0.05, 0.1) is 23.4 Å². The number of ether oxygens (including phenoxy) is 1. The third-order valence-electron chi connectivity index (χ3n) is 4.57. The molecule has 1 aliphatic carbocycles. The Morgan fingerprint density at radius 3 is 2.54 bits per heavy atom. The Balaban J connectivity index is 2.05. The van der Waals surface area contributed by atoms with Gasteiger partial charge in [0, 0.05) is 25.9 Å². The molecule has 0 aromatic heterocycles. The lowest BCUT2D eigenvalue weighted by molar-refractivity contribution is -0.121. The highest BCUT2D eigenvalue weighted by atomic mass is 35.5. The highest BCUT2D eigenvalue weighted by Gasteiger charge is 2.20. The van der Waals surface area contributed by atoms with Crippen molar-refractivity contribution in [1.29, 1.82) is 0 Å². The number of esters is 1. The zero-order valence-electron chi connectivity index (χ0n) is 15.2. The summed E-state index contributed by atoms with van der Waals surface area (Å²) < 4.78 is 4.70. The number of halogens is 1. The lowest BCUT2D eigenvalue weighted by atomic mass is 9.95. The summed E-state index contributed by atoms with van der Waals surface area (Å²) in [6.07, 6.45) is 5.69. The molecule has 0 unspecified atom stereocenters. The zero-order chi connectivity index (χ0) is 19.1. The lowest BCUT2D eigenvalue weighted by Crippen LogP contribution is -2.39. The molecule has 0 spiro atoms. The lowest BCUT2D eigenvalue weighted by Gasteiger charge is -2.25. The highest BCUT2D eigenvalue weighted by molar-refractivity contribution is 6.34. The molecule has 1 saturated carbocycles. The molecule has 0 saturated heterocycles. The summed E-state index contributed by atoms with van der Waals surface area (Å²) in [5.41, 5.74) is 0.692. The first-order valence-electron chi connectivity index (χ1n) is 8.87. The Hall–Kier alpha value is -2.08. The second-order valence-corrected chi connectivity index (χ2v) is 6.89. The second-order valence-electron chi connectivity index (χ2n) is 6.48. The van der Waals surface area contributed by atoms with Crippen molar-refractivity contribution < 1.29 is 19.1 Å². The Kier molecular flexibility index (Phi) is 7.45. The highest BCUT2D eigenvalue weighted by Crippen LogP contribution is 2.28. The Bertz CT molecular complexity index is 672. The number of carbonyl (C=O) groups is 3. The summed E-state index contributed by atoms with van der Waals surface area (Å²) in [7, 11) is 1.29. The molecule has 1 aromatic carbocycles. The van der Waals surface area contributed by atoms with E-state index in [1.165, 1.54) is 37.5 Å². The van der Waals surface area contributed by atoms with Crippen LogP contribution in [0.5, 0.6) is 0 Å². The number of carbonyl (C=O) groups excluding carboxylic acids is 3. The van der Waals surface area contributed by atoms with Crippen LogP contribution in [0.4, 0.5) is 5.69 Å². The van der Waals surface area contributed by atoms with E-state index in [1.807, 2.05) is 0 Å². The zero-order valence-corrected chi connectivity index (χ0v) is 16.0. The molecule has 1 fully saturated rings. The fourth-order valence-electron chi connectivity index (χ4n) is 3.17. The standard InChI is InChI=1S/C19H25ClN2O4/c1-13(23)22(11-10-18(24)21-15-6-4-3-5-7-15)17-12-14(19(25)26-2)8-9-16(17)20/h8-9,12,15H,3-7,10-11H2,1-2H3,(H,21,24). The molecule has 6 nitrogen and oxygen atoms in total. The summed E-state index contributed by atoms with van der Waals surface area (Å²) in [6.45, 7) is 1.60. The number of methoxy groups -OCH3 is 1. The van der Waals surface area contributed by atoms with E-state index in [0.717, 1.165) is 25.7 Å². The summed E-state index contributed by atoms with van der Waals surface area (Å²) in [4.78, 5) is 37.4. The van der Waals surface area contributed by atoms with Gasteiger partial charge in [0.1, 0.15) is 0 Å². The molecule has 1 aromatic rings. The van der Waals surface area contributed by atoms with Crippen molar-refractivity contribution in [3.8, 4) is 0 Å². The maximum Gasteiger partial charge on any atom is 0.337 e. The average molecular weight is 381 g/mol. The van der Waals surface area contributed by atoms with Gasteiger partial charge in [-0.05, 0) is 31.0 Å². The third kappa shape index (κ3) is 5.46. The minimum atomic E-state index is -0.513. The monoisotopic (exact) mass is 380 g/mol. The minimum Gasteiger partial charge on any atom is -0.465 e. The molecular formula is C19H25ClN2O4. The molecule has 0 aliphatic heterocycles. The van der Waals surface area contributed by atoms with Crippen molar-refractivity contribution in [2.24, 2.45) is 0 Å². The van der Waals surface area contributed by atoms with Gasteiger partial charge in [0.2, 0.25) is 11.8 Å². The van der Waals surface area contributed by atoms with Crippen LogP contribution in [0.25, 0.3) is 0 Å². The summed E-state index contributed by atoms with van der Waals surface area (Å²) in [5, 5.41) is 3.37. The normalized spacial score (nSPS) is 14.6. The van der Waals surface area contributed by atoms with E-state index in [2.05, 4.69) is 5.32 Å². The van der Waals surface area contributed by atoms with Crippen LogP contribution >= 0.6 is 11.6 Å². The number of hydrogen-bond acceptors (Lipinski definition) is 4. The first-order valence-corrected chi connectivity index (χ1v) is 9.25. The molecule has 142 valence electrons. The van der Waals surface area contributed by atoms with Crippen LogP contribution in [-0.2, 0) is 14.3 Å². The molecule has 1 aliphatic rings. The molecule has 1 N–H and O–H groups in total. The smallest absolute Gasteiger partial charge is 0.337 e. The van der Waals surface area contributed by atoms with Crippen molar-refractivity contribution in [3.63, 3.8) is 0 Å². The molecule has 0 heterocycles. The average Bonchev–Trinajstić information content (AvgIpc) is 2.63. The predicted octanol–water partition coefficient (Wildman–Crippen LogP) is 3.32. The Morgan fingerprint density at radius 1 is 1.23 bits per heavy atom. The molecule has 26 heavy (non-hydrogen) atoms. The largest absolute Gasteiger partial charge is 0.465 e. The molecule has 7 heteroatoms. The van der Waals surface area contributed by atoms with Gasteiger partial charge in [-0.2, -0.15) is 0 Å². The van der Waals surface area contributed by atoms with Gasteiger partial charge < -0.3 is 15.0 Å². The maximum absolute atomic E-state index is 12.2. The number of amides is 2. The third-order valence-corrected chi connectivity index (χ3v) is 4.89. The molecule has 2 amide bonds. The van der Waals surface area contributed by atoms with Gasteiger partial charge in [0.25, 0.3) is 0 Å². The fraction of sp³-hybridized carbons (Fsp3) is 0.526. The van der Waals surface area contributed by atoms with Crippen LogP contribution < -0.4 is 10.2 Å². The van der Waals surface area contributed by atoms with Gasteiger partial charge in [-0.1, -0.05) is 30.9 Å². The maximum atomic E-state index is 12.2. The van der Waals surface area contributed by atoms with Crippen LogP contribution in [0.3, 0.4) is 0 Å². The number of nitrogens with one attached hydrogen (secondary N) is 1. The van der Waals surface area contributed by atoms with Gasteiger partial charge in [-0.15, -0.1) is 0 Å². The van der Waals surface area contributed by atoms with Crippen molar-refractivity contribution in [2.75, 3.05) is 18.6 Å². The quantitative estimate of drug-likeness (QED) is 0.768. The van der Waals surface area contributed by atoms with E-state index in [9.17, 15) is 14.4 Å². The van der Waals surface area contributed by atoms with E-state index in [1.54, 1.807) is 6.07 Å². The molecule has 0 radical (unpaired) electrons. The van der Waals surface area contributed by atoms with Crippen molar-refractivity contribution >= 4 is 35.1 Å². The topological polar surface area (TPSA) is 75.7 Å². The van der Waals surface area contributed by atoms with Gasteiger partial charge >= 0.3 is 5.97 Å². The molecular weight excluding hydrogens is 356 g/mol. The summed E-state index contributed by atoms with van der Waals surface area (Å²) in [6, 6.07) is 4.81. The summed E-state index contributed by atoms with van der Waals surface area (Å²) >= 11 is 6.21. The SMILES string of the molecule is COC(=O)c1ccc(Cl)c(N(CCC(=O)NC2CCCCC2)C(C)=O)c1. The van der Waals surface area contributed by atoms with Crippen LogP contribution in [0.2, 0.25) is 5.02 Å². The van der Waals surface area contributed by atoms with E-state index in [0.29, 0.717) is 16.3 Å². The number of hydrogen-bond donors (Lipinski definition) is 1. The van der Waals surface area contributed by atoms with Gasteiger partial charge in [-0.25, -0.2) is 4.79 Å². The summed E-state index contributed by atoms with van der Waals surface area (Å²) in [5.74, 6) is -0.843. The first-order chi connectivity index (χ1) is 12.4. The molecule has 0 bridgehead atoms. The van der Waals surface area contributed by atoms with E-state index in [-0.39, 0.29) is 30.8 Å². The van der Waals surface area contributed by atoms with E-state index in [4.69, 9.17) is 16.3 Å². The van der Waals surface area contributed by atoms with Crippen LogP contribution in [0.15, 0.2) is 18.2 Å². The van der Waals surface area contributed by atoms with Crippen molar-refractivity contribution in [3.05, 3.63) is 28.8 Å². The van der Waals surface area contributed by atoms with Crippen LogP contribution in [0, 0.1) is 0 Å². The molecule has 2 rings (SSSR count). The number of benzene rings is 1. The fourth-order valence-corrected chi connectivity index (χ4v) is 3.39. The van der Waals surface area contributed by atoms with Crippen molar-refractivity contribution in [2.45, 2.75) is 51.5 Å². The van der Waals surface area contributed by atoms with Crippen LogP contribution in [-0.4, -0.2) is 37.5 Å². The van der Waals surface area contributed by atoms with Crippen molar-refractivity contribution in [1.82, 2.24) is 5.32 Å². The van der Waals surface area contributed by atoms with E-state index >= 15 is 0 Å². The van der Waals surface area contributed by atoms with Crippen LogP contribution in [0.1, 0.15) is 55.8 Å². The van der Waals surface area contributed by atoms with Gasteiger partial charge in [0.15, 0.2) is 0 Å². The van der Waals surface area contributed by atoms with Gasteiger partial charge in [-0.3, -0.25) is 9.59 Å².